The van der Waals surface area contributed by atoms with Crippen molar-refractivity contribution in [3.8, 4) is 23.3 Å². The molecular weight excluding hydrogens is 320 g/mol. The van der Waals surface area contributed by atoms with Crippen LogP contribution in [0.5, 0.6) is 17.2 Å². The molecule has 0 aliphatic heterocycles. The van der Waals surface area contributed by atoms with Gasteiger partial charge in [-0.1, -0.05) is 6.07 Å². The third-order valence-electron chi connectivity index (χ3n) is 3.43. The third kappa shape index (κ3) is 4.52. The van der Waals surface area contributed by atoms with Crippen molar-refractivity contribution in [2.24, 2.45) is 0 Å². The standard InChI is InChI=1S/C19H18N2O4/c1-23-16-6-4-5-15(11-16)21-19(22)14(12-20)9-13-10-17(24-2)7-8-18(13)25-3/h4-11H,1-3H3,(H,21,22)/b14-9+. The molecule has 0 radical (unpaired) electrons. The van der Waals surface area contributed by atoms with E-state index in [9.17, 15) is 10.1 Å². The van der Waals surface area contributed by atoms with Crippen LogP contribution in [0.15, 0.2) is 48.0 Å². The van der Waals surface area contributed by atoms with Crippen molar-refractivity contribution in [2.45, 2.75) is 0 Å². The van der Waals surface area contributed by atoms with E-state index in [4.69, 9.17) is 14.2 Å². The van der Waals surface area contributed by atoms with Crippen LogP contribution in [0.1, 0.15) is 5.56 Å². The number of rotatable bonds is 6. The minimum Gasteiger partial charge on any atom is -0.497 e. The molecule has 0 aromatic heterocycles. The Morgan fingerprint density at radius 2 is 1.76 bits per heavy atom. The summed E-state index contributed by atoms with van der Waals surface area (Å²) in [6.45, 7) is 0. The van der Waals surface area contributed by atoms with Crippen LogP contribution in [0.2, 0.25) is 0 Å². The van der Waals surface area contributed by atoms with Crippen LogP contribution in [0.4, 0.5) is 5.69 Å². The van der Waals surface area contributed by atoms with Crippen molar-refractivity contribution < 1.29 is 19.0 Å². The Morgan fingerprint density at radius 3 is 2.40 bits per heavy atom. The minimum absolute atomic E-state index is 0.0608. The number of anilines is 1. The van der Waals surface area contributed by atoms with Crippen LogP contribution < -0.4 is 19.5 Å². The zero-order valence-electron chi connectivity index (χ0n) is 14.2. The Kier molecular flexibility index (Phi) is 6.02. The number of nitrogens with zero attached hydrogens (tertiary/aromatic N) is 1. The fourth-order valence-corrected chi connectivity index (χ4v) is 2.16. The van der Waals surface area contributed by atoms with Crippen molar-refractivity contribution >= 4 is 17.7 Å². The second-order valence-electron chi connectivity index (χ2n) is 4.96. The molecule has 2 aromatic rings. The number of nitriles is 1. The normalized spacial score (nSPS) is 10.6. The molecule has 2 aromatic carbocycles. The molecule has 0 heterocycles. The molecule has 6 nitrogen and oxygen atoms in total. The summed E-state index contributed by atoms with van der Waals surface area (Å²) in [5.74, 6) is 1.20. The Labute approximate surface area is 146 Å². The van der Waals surface area contributed by atoms with Gasteiger partial charge in [0.15, 0.2) is 0 Å². The first-order valence-electron chi connectivity index (χ1n) is 7.40. The summed E-state index contributed by atoms with van der Waals surface area (Å²) in [4.78, 5) is 12.4. The van der Waals surface area contributed by atoms with Crippen LogP contribution in [-0.2, 0) is 4.79 Å². The first-order valence-corrected chi connectivity index (χ1v) is 7.40. The van der Waals surface area contributed by atoms with E-state index in [1.807, 2.05) is 6.07 Å². The minimum atomic E-state index is -0.527. The number of methoxy groups -OCH3 is 3. The number of amides is 1. The van der Waals surface area contributed by atoms with E-state index in [2.05, 4.69) is 5.32 Å². The molecule has 0 saturated carbocycles. The van der Waals surface area contributed by atoms with Gasteiger partial charge in [0.2, 0.25) is 0 Å². The topological polar surface area (TPSA) is 80.6 Å². The van der Waals surface area contributed by atoms with Gasteiger partial charge in [-0.3, -0.25) is 4.79 Å². The third-order valence-corrected chi connectivity index (χ3v) is 3.43. The highest BCUT2D eigenvalue weighted by Gasteiger charge is 2.12. The molecule has 0 aliphatic carbocycles. The molecule has 2 rings (SSSR count). The SMILES string of the molecule is COc1cccc(NC(=O)/C(C#N)=C/c2cc(OC)ccc2OC)c1. The highest BCUT2D eigenvalue weighted by atomic mass is 16.5. The molecule has 6 heteroatoms. The molecule has 1 amide bonds. The van der Waals surface area contributed by atoms with E-state index in [1.54, 1.807) is 42.5 Å². The van der Waals surface area contributed by atoms with E-state index in [0.717, 1.165) is 0 Å². The van der Waals surface area contributed by atoms with Gasteiger partial charge in [-0.05, 0) is 36.4 Å². The summed E-state index contributed by atoms with van der Waals surface area (Å²) < 4.78 is 15.5. The molecule has 0 spiro atoms. The van der Waals surface area contributed by atoms with Crippen molar-refractivity contribution in [1.29, 1.82) is 5.26 Å². The quantitative estimate of drug-likeness (QED) is 0.646. The zero-order chi connectivity index (χ0) is 18.2. The summed E-state index contributed by atoms with van der Waals surface area (Å²) in [6, 6.07) is 13.9. The molecule has 0 aliphatic rings. The number of carbonyl (C=O) groups excluding carboxylic acids is 1. The van der Waals surface area contributed by atoms with Gasteiger partial charge in [0.25, 0.3) is 5.91 Å². The maximum atomic E-state index is 12.4. The molecule has 25 heavy (non-hydrogen) atoms. The van der Waals surface area contributed by atoms with Crippen LogP contribution in [0.3, 0.4) is 0 Å². The molecule has 1 N–H and O–H groups in total. The number of nitrogens with one attached hydrogen (secondary N) is 1. The number of carbonyl (C=O) groups is 1. The fraction of sp³-hybridized carbons (Fsp3) is 0.158. The highest BCUT2D eigenvalue weighted by Crippen LogP contribution is 2.26. The van der Waals surface area contributed by atoms with Crippen molar-refractivity contribution in [1.82, 2.24) is 0 Å². The summed E-state index contributed by atoms with van der Waals surface area (Å²) >= 11 is 0. The first kappa shape index (κ1) is 17.9. The van der Waals surface area contributed by atoms with Crippen molar-refractivity contribution in [3.05, 3.63) is 53.6 Å². The number of benzene rings is 2. The van der Waals surface area contributed by atoms with Crippen LogP contribution in [0, 0.1) is 11.3 Å². The monoisotopic (exact) mass is 338 g/mol. The lowest BCUT2D eigenvalue weighted by molar-refractivity contribution is -0.112. The van der Waals surface area contributed by atoms with E-state index in [0.29, 0.717) is 28.5 Å². The zero-order valence-corrected chi connectivity index (χ0v) is 14.2. The second-order valence-corrected chi connectivity index (χ2v) is 4.96. The van der Waals surface area contributed by atoms with Gasteiger partial charge in [0, 0.05) is 17.3 Å². The summed E-state index contributed by atoms with van der Waals surface area (Å²) in [5.41, 5.74) is 1.04. The van der Waals surface area contributed by atoms with E-state index < -0.39 is 5.91 Å². The number of hydrogen-bond acceptors (Lipinski definition) is 5. The summed E-state index contributed by atoms with van der Waals surface area (Å²) in [6.07, 6.45) is 1.46. The molecule has 0 saturated heterocycles. The lowest BCUT2D eigenvalue weighted by Crippen LogP contribution is -2.13. The maximum absolute atomic E-state index is 12.4. The predicted octanol–water partition coefficient (Wildman–Crippen LogP) is 3.26. The smallest absolute Gasteiger partial charge is 0.266 e. The first-order chi connectivity index (χ1) is 12.1. The van der Waals surface area contributed by atoms with E-state index in [-0.39, 0.29) is 5.57 Å². The Hall–Kier alpha value is -3.46. The van der Waals surface area contributed by atoms with Gasteiger partial charge in [0.05, 0.1) is 21.3 Å². The molecule has 0 bridgehead atoms. The van der Waals surface area contributed by atoms with Crippen molar-refractivity contribution in [3.63, 3.8) is 0 Å². The average molecular weight is 338 g/mol. The predicted molar refractivity (Wildman–Crippen MR) is 94.8 cm³/mol. The summed E-state index contributed by atoms with van der Waals surface area (Å²) in [7, 11) is 4.59. The van der Waals surface area contributed by atoms with Gasteiger partial charge in [-0.2, -0.15) is 5.26 Å². The highest BCUT2D eigenvalue weighted by molar-refractivity contribution is 6.09. The number of ether oxygens (including phenoxy) is 3. The van der Waals surface area contributed by atoms with Gasteiger partial charge in [0.1, 0.15) is 28.9 Å². The Balaban J connectivity index is 2.30. The van der Waals surface area contributed by atoms with E-state index >= 15 is 0 Å². The Morgan fingerprint density at radius 1 is 1.04 bits per heavy atom. The summed E-state index contributed by atoms with van der Waals surface area (Å²) in [5, 5.41) is 12.0. The Bertz CT molecular complexity index is 838. The maximum Gasteiger partial charge on any atom is 0.266 e. The van der Waals surface area contributed by atoms with Crippen LogP contribution in [-0.4, -0.2) is 27.2 Å². The van der Waals surface area contributed by atoms with Gasteiger partial charge in [-0.25, -0.2) is 0 Å². The average Bonchev–Trinajstić information content (AvgIpc) is 2.65. The van der Waals surface area contributed by atoms with Crippen molar-refractivity contribution in [2.75, 3.05) is 26.6 Å². The largest absolute Gasteiger partial charge is 0.497 e. The van der Waals surface area contributed by atoms with Crippen LogP contribution in [0.25, 0.3) is 6.08 Å². The molecular formula is C19H18N2O4. The fourth-order valence-electron chi connectivity index (χ4n) is 2.16. The lowest BCUT2D eigenvalue weighted by atomic mass is 10.1. The lowest BCUT2D eigenvalue weighted by Gasteiger charge is -2.09. The molecule has 0 atom stereocenters. The molecule has 128 valence electrons. The van der Waals surface area contributed by atoms with Gasteiger partial charge >= 0.3 is 0 Å². The number of hydrogen-bond donors (Lipinski definition) is 1. The molecule has 0 unspecified atom stereocenters. The molecule has 0 fully saturated rings. The second kappa shape index (κ2) is 8.41. The van der Waals surface area contributed by atoms with Gasteiger partial charge < -0.3 is 19.5 Å². The van der Waals surface area contributed by atoms with Gasteiger partial charge in [-0.15, -0.1) is 0 Å². The van der Waals surface area contributed by atoms with Crippen LogP contribution >= 0.6 is 0 Å². The van der Waals surface area contributed by atoms with E-state index in [1.165, 1.54) is 27.4 Å².